The molecule has 11 heavy (non-hydrogen) atoms. The van der Waals surface area contributed by atoms with Gasteiger partial charge in [-0.15, -0.1) is 0 Å². The van der Waals surface area contributed by atoms with Crippen molar-refractivity contribution in [3.8, 4) is 0 Å². The summed E-state index contributed by atoms with van der Waals surface area (Å²) >= 11 is 0. The van der Waals surface area contributed by atoms with Gasteiger partial charge in [0.05, 0.1) is 5.56 Å². The van der Waals surface area contributed by atoms with Crippen molar-refractivity contribution in [1.82, 2.24) is 0 Å². The zero-order chi connectivity index (χ0) is 7.56. The Bertz CT molecular complexity index is 245. The fraction of sp³-hybridized carbons (Fsp3) is 0. The molecule has 0 radical (unpaired) electrons. The SMILES string of the molecule is [I-].[NH3+]c1ccc(C(=O)O)cc1. The van der Waals surface area contributed by atoms with Gasteiger partial charge in [-0.2, -0.15) is 0 Å². The highest BCUT2D eigenvalue weighted by Crippen LogP contribution is 2.02. The minimum atomic E-state index is -0.903. The molecule has 0 fully saturated rings. The summed E-state index contributed by atoms with van der Waals surface area (Å²) in [5.41, 5.74) is 4.75. The van der Waals surface area contributed by atoms with Gasteiger partial charge < -0.3 is 34.8 Å². The van der Waals surface area contributed by atoms with E-state index in [-0.39, 0.29) is 24.0 Å². The van der Waals surface area contributed by atoms with Gasteiger partial charge in [-0.05, 0) is 24.3 Å². The lowest BCUT2D eigenvalue weighted by molar-refractivity contribution is -0.254. The van der Waals surface area contributed by atoms with Gasteiger partial charge in [-0.25, -0.2) is 4.79 Å². The Morgan fingerprint density at radius 1 is 1.27 bits per heavy atom. The number of aromatic carboxylic acids is 1. The Balaban J connectivity index is 0.000001000. The molecule has 0 saturated carbocycles. The third-order valence-electron chi connectivity index (χ3n) is 1.20. The van der Waals surface area contributed by atoms with Crippen molar-refractivity contribution in [3.63, 3.8) is 0 Å². The predicted molar refractivity (Wildman–Crippen MR) is 35.9 cm³/mol. The third-order valence-corrected chi connectivity index (χ3v) is 1.20. The molecule has 0 spiro atoms. The molecule has 0 aromatic heterocycles. The molecule has 0 atom stereocenters. The molecule has 3 nitrogen and oxygen atoms in total. The normalized spacial score (nSPS) is 8.45. The van der Waals surface area contributed by atoms with Crippen molar-refractivity contribution < 1.29 is 39.6 Å². The smallest absolute Gasteiger partial charge is 0.335 e. The van der Waals surface area contributed by atoms with Gasteiger partial charge in [0.1, 0.15) is 5.69 Å². The maximum Gasteiger partial charge on any atom is 0.335 e. The first-order valence-electron chi connectivity index (χ1n) is 2.85. The molecule has 60 valence electrons. The van der Waals surface area contributed by atoms with Crippen LogP contribution < -0.4 is 29.7 Å². The first-order chi connectivity index (χ1) is 4.70. The average Bonchev–Trinajstić information content (AvgIpc) is 1.88. The Morgan fingerprint density at radius 3 is 2.09 bits per heavy atom. The largest absolute Gasteiger partial charge is 1.00 e. The second-order valence-electron chi connectivity index (χ2n) is 2.00. The molecule has 1 aromatic rings. The lowest BCUT2D eigenvalue weighted by atomic mass is 10.2. The zero-order valence-electron chi connectivity index (χ0n) is 5.75. The van der Waals surface area contributed by atoms with Crippen LogP contribution in [0.25, 0.3) is 0 Å². The topological polar surface area (TPSA) is 64.9 Å². The van der Waals surface area contributed by atoms with E-state index < -0.39 is 5.97 Å². The number of hydrogen-bond acceptors (Lipinski definition) is 1. The molecule has 1 rings (SSSR count). The maximum absolute atomic E-state index is 10.3. The van der Waals surface area contributed by atoms with Crippen molar-refractivity contribution in [2.45, 2.75) is 0 Å². The number of carbonyl (C=O) groups is 1. The fourth-order valence-electron chi connectivity index (χ4n) is 0.647. The highest BCUT2D eigenvalue weighted by molar-refractivity contribution is 5.87. The van der Waals surface area contributed by atoms with Crippen LogP contribution in [-0.2, 0) is 0 Å². The summed E-state index contributed by atoms with van der Waals surface area (Å²) in [6, 6.07) is 6.40. The molecule has 0 saturated heterocycles. The summed E-state index contributed by atoms with van der Waals surface area (Å²) in [4.78, 5) is 10.3. The molecule has 0 heterocycles. The molecule has 0 aliphatic heterocycles. The molecule has 0 bridgehead atoms. The Kier molecular flexibility index (Phi) is 4.06. The van der Waals surface area contributed by atoms with E-state index in [0.717, 1.165) is 5.69 Å². The minimum Gasteiger partial charge on any atom is -1.00 e. The van der Waals surface area contributed by atoms with Crippen LogP contribution in [0.1, 0.15) is 10.4 Å². The van der Waals surface area contributed by atoms with Crippen LogP contribution >= 0.6 is 0 Å². The van der Waals surface area contributed by atoms with E-state index in [0.29, 0.717) is 5.56 Å². The van der Waals surface area contributed by atoms with E-state index >= 15 is 0 Å². The Morgan fingerprint density at radius 2 is 1.73 bits per heavy atom. The number of quaternary nitrogens is 1. The quantitative estimate of drug-likeness (QED) is 0.541. The highest BCUT2D eigenvalue weighted by atomic mass is 127. The monoisotopic (exact) mass is 265 g/mol. The van der Waals surface area contributed by atoms with Gasteiger partial charge in [0.25, 0.3) is 0 Å². The zero-order valence-corrected chi connectivity index (χ0v) is 7.91. The molecule has 0 aliphatic carbocycles. The number of halogens is 1. The van der Waals surface area contributed by atoms with E-state index in [2.05, 4.69) is 5.73 Å². The molecular formula is C7H8INO2. The van der Waals surface area contributed by atoms with Gasteiger partial charge in [-0.1, -0.05) is 0 Å². The summed E-state index contributed by atoms with van der Waals surface area (Å²) in [6.07, 6.45) is 0. The van der Waals surface area contributed by atoms with Crippen molar-refractivity contribution in [2.75, 3.05) is 0 Å². The summed E-state index contributed by atoms with van der Waals surface area (Å²) in [5, 5.41) is 8.46. The molecular weight excluding hydrogens is 257 g/mol. The molecule has 0 unspecified atom stereocenters. The fourth-order valence-corrected chi connectivity index (χ4v) is 0.647. The minimum absolute atomic E-state index is 0. The lowest BCUT2D eigenvalue weighted by Gasteiger charge is -1.90. The third kappa shape index (κ3) is 2.85. The van der Waals surface area contributed by atoms with Crippen LogP contribution in [-0.4, -0.2) is 11.1 Å². The van der Waals surface area contributed by atoms with Crippen molar-refractivity contribution in [2.24, 2.45) is 0 Å². The van der Waals surface area contributed by atoms with E-state index in [4.69, 9.17) is 5.11 Å². The van der Waals surface area contributed by atoms with Gasteiger partial charge >= 0.3 is 5.97 Å². The lowest BCUT2D eigenvalue weighted by Crippen LogP contribution is -3.00. The number of benzene rings is 1. The Labute approximate surface area is 81.2 Å². The maximum atomic E-state index is 10.3. The first-order valence-corrected chi connectivity index (χ1v) is 2.85. The van der Waals surface area contributed by atoms with Crippen LogP contribution in [0.3, 0.4) is 0 Å². The summed E-state index contributed by atoms with van der Waals surface area (Å²) in [6.45, 7) is 0. The van der Waals surface area contributed by atoms with Gasteiger partial charge in [0, 0.05) is 0 Å². The van der Waals surface area contributed by atoms with Crippen LogP contribution in [0.4, 0.5) is 5.69 Å². The first kappa shape index (κ1) is 10.4. The average molecular weight is 265 g/mol. The van der Waals surface area contributed by atoms with Crippen LogP contribution in [0.2, 0.25) is 0 Å². The van der Waals surface area contributed by atoms with Crippen molar-refractivity contribution >= 4 is 11.7 Å². The van der Waals surface area contributed by atoms with Gasteiger partial charge in [-0.3, -0.25) is 0 Å². The van der Waals surface area contributed by atoms with Crippen LogP contribution in [0.15, 0.2) is 24.3 Å². The highest BCUT2D eigenvalue weighted by Gasteiger charge is 1.99. The van der Waals surface area contributed by atoms with Crippen LogP contribution in [0.5, 0.6) is 0 Å². The van der Waals surface area contributed by atoms with Gasteiger partial charge in [0.15, 0.2) is 0 Å². The standard InChI is InChI=1S/C7H7NO2.HI/c8-6-3-1-5(2-4-6)7(9)10;/h1-4H,8H2,(H,9,10);1H. The number of rotatable bonds is 1. The van der Waals surface area contributed by atoms with E-state index in [9.17, 15) is 4.79 Å². The number of carboxylic acids is 1. The second kappa shape index (κ2) is 4.30. The molecule has 4 heteroatoms. The predicted octanol–water partition coefficient (Wildman–Crippen LogP) is -2.74. The summed E-state index contributed by atoms with van der Waals surface area (Å²) in [7, 11) is 0. The summed E-state index contributed by atoms with van der Waals surface area (Å²) in [5.74, 6) is -0.903. The summed E-state index contributed by atoms with van der Waals surface area (Å²) < 4.78 is 0. The second-order valence-corrected chi connectivity index (χ2v) is 2.00. The molecule has 1 aromatic carbocycles. The van der Waals surface area contributed by atoms with Crippen molar-refractivity contribution in [3.05, 3.63) is 29.8 Å². The molecule has 0 aliphatic rings. The van der Waals surface area contributed by atoms with Crippen LogP contribution in [0, 0.1) is 0 Å². The molecule has 0 amide bonds. The number of carboxylic acid groups (broad SMARTS) is 1. The number of hydrogen-bond donors (Lipinski definition) is 2. The van der Waals surface area contributed by atoms with E-state index in [1.54, 1.807) is 12.1 Å². The molecule has 4 N–H and O–H groups in total. The van der Waals surface area contributed by atoms with Gasteiger partial charge in [0.2, 0.25) is 0 Å². The van der Waals surface area contributed by atoms with E-state index in [1.807, 2.05) is 0 Å². The van der Waals surface area contributed by atoms with Crippen molar-refractivity contribution in [1.29, 1.82) is 0 Å². The Hall–Kier alpha value is -0.620. The van der Waals surface area contributed by atoms with E-state index in [1.165, 1.54) is 12.1 Å².